The molecule has 0 heterocycles. The van der Waals surface area contributed by atoms with Crippen LogP contribution in [0.3, 0.4) is 0 Å². The van der Waals surface area contributed by atoms with Gasteiger partial charge in [-0.1, -0.05) is 26.0 Å². The fourth-order valence-corrected chi connectivity index (χ4v) is 2.22. The summed E-state index contributed by atoms with van der Waals surface area (Å²) in [4.78, 5) is 2.35. The first-order valence-corrected chi connectivity index (χ1v) is 6.96. The molecule has 0 bridgehead atoms. The second-order valence-corrected chi connectivity index (χ2v) is 5.91. The molecule has 2 heteroatoms. The Labute approximate surface area is 112 Å². The molecule has 1 rings (SSSR count). The standard InChI is InChI=1S/C16H28N2/c1-12(2)8-9-18(5)16-7-6-15(10-13(16)3)11-14(4)17/h6-7,10,12,14H,8-9,11,17H2,1-5H3. The Morgan fingerprint density at radius 2 is 1.89 bits per heavy atom. The predicted octanol–water partition coefficient (Wildman–Crippen LogP) is 3.37. The zero-order valence-corrected chi connectivity index (χ0v) is 12.5. The van der Waals surface area contributed by atoms with Crippen LogP contribution >= 0.6 is 0 Å². The number of benzene rings is 1. The van der Waals surface area contributed by atoms with Gasteiger partial charge in [-0.3, -0.25) is 0 Å². The summed E-state index contributed by atoms with van der Waals surface area (Å²) in [5.41, 5.74) is 9.86. The Morgan fingerprint density at radius 1 is 1.22 bits per heavy atom. The summed E-state index contributed by atoms with van der Waals surface area (Å²) in [5.74, 6) is 0.755. The number of aryl methyl sites for hydroxylation is 1. The quantitative estimate of drug-likeness (QED) is 0.836. The third-order valence-electron chi connectivity index (χ3n) is 3.27. The molecule has 1 unspecified atom stereocenters. The first kappa shape index (κ1) is 15.0. The van der Waals surface area contributed by atoms with Crippen LogP contribution in [0.25, 0.3) is 0 Å². The molecule has 1 aromatic rings. The lowest BCUT2D eigenvalue weighted by Gasteiger charge is -2.23. The van der Waals surface area contributed by atoms with Crippen LogP contribution in [0.2, 0.25) is 0 Å². The highest BCUT2D eigenvalue weighted by Crippen LogP contribution is 2.21. The summed E-state index contributed by atoms with van der Waals surface area (Å²) in [5, 5.41) is 0. The van der Waals surface area contributed by atoms with Crippen LogP contribution in [0, 0.1) is 12.8 Å². The molecule has 0 spiro atoms. The lowest BCUT2D eigenvalue weighted by Crippen LogP contribution is -2.21. The highest BCUT2D eigenvalue weighted by Gasteiger charge is 2.07. The van der Waals surface area contributed by atoms with E-state index >= 15 is 0 Å². The van der Waals surface area contributed by atoms with Crippen molar-refractivity contribution in [1.82, 2.24) is 0 Å². The first-order valence-electron chi connectivity index (χ1n) is 6.96. The lowest BCUT2D eigenvalue weighted by molar-refractivity contribution is 0.585. The average molecular weight is 248 g/mol. The van der Waals surface area contributed by atoms with Gasteiger partial charge in [-0.2, -0.15) is 0 Å². The van der Waals surface area contributed by atoms with E-state index in [1.54, 1.807) is 0 Å². The van der Waals surface area contributed by atoms with E-state index in [1.165, 1.54) is 23.2 Å². The van der Waals surface area contributed by atoms with Gasteiger partial charge in [-0.15, -0.1) is 0 Å². The molecule has 0 saturated heterocycles. The van der Waals surface area contributed by atoms with Crippen LogP contribution in [0.5, 0.6) is 0 Å². The first-order chi connectivity index (χ1) is 8.40. The van der Waals surface area contributed by atoms with Gasteiger partial charge < -0.3 is 10.6 Å². The van der Waals surface area contributed by atoms with E-state index in [4.69, 9.17) is 5.73 Å². The largest absolute Gasteiger partial charge is 0.374 e. The van der Waals surface area contributed by atoms with Gasteiger partial charge in [-0.25, -0.2) is 0 Å². The van der Waals surface area contributed by atoms with E-state index < -0.39 is 0 Å². The zero-order valence-electron chi connectivity index (χ0n) is 12.5. The Balaban J connectivity index is 2.72. The monoisotopic (exact) mass is 248 g/mol. The lowest BCUT2D eigenvalue weighted by atomic mass is 10.0. The minimum Gasteiger partial charge on any atom is -0.374 e. The number of nitrogens with two attached hydrogens (primary N) is 1. The normalized spacial score (nSPS) is 12.8. The predicted molar refractivity (Wildman–Crippen MR) is 81.3 cm³/mol. The van der Waals surface area contributed by atoms with E-state index in [-0.39, 0.29) is 6.04 Å². The molecule has 102 valence electrons. The molecule has 0 aliphatic carbocycles. The van der Waals surface area contributed by atoms with E-state index in [1.807, 2.05) is 0 Å². The van der Waals surface area contributed by atoms with Gasteiger partial charge >= 0.3 is 0 Å². The maximum Gasteiger partial charge on any atom is 0.0393 e. The minimum absolute atomic E-state index is 0.230. The molecular formula is C16H28N2. The van der Waals surface area contributed by atoms with Crippen LogP contribution in [0.1, 0.15) is 38.3 Å². The van der Waals surface area contributed by atoms with Crippen molar-refractivity contribution in [3.63, 3.8) is 0 Å². The molecule has 2 N–H and O–H groups in total. The van der Waals surface area contributed by atoms with Gasteiger partial charge in [0.15, 0.2) is 0 Å². The molecule has 18 heavy (non-hydrogen) atoms. The van der Waals surface area contributed by atoms with Crippen molar-refractivity contribution in [2.24, 2.45) is 11.7 Å². The van der Waals surface area contributed by atoms with E-state index in [0.29, 0.717) is 0 Å². The molecule has 2 nitrogen and oxygen atoms in total. The summed E-state index contributed by atoms with van der Waals surface area (Å²) in [6, 6.07) is 6.93. The smallest absolute Gasteiger partial charge is 0.0393 e. The van der Waals surface area contributed by atoms with E-state index in [0.717, 1.165) is 18.9 Å². The number of anilines is 1. The molecule has 0 saturated carbocycles. The highest BCUT2D eigenvalue weighted by atomic mass is 15.1. The van der Waals surface area contributed by atoms with Crippen molar-refractivity contribution in [2.75, 3.05) is 18.5 Å². The van der Waals surface area contributed by atoms with Crippen LogP contribution in [0.15, 0.2) is 18.2 Å². The molecule has 0 aliphatic heterocycles. The second-order valence-electron chi connectivity index (χ2n) is 5.91. The van der Waals surface area contributed by atoms with Crippen molar-refractivity contribution >= 4 is 5.69 Å². The third kappa shape index (κ3) is 4.69. The highest BCUT2D eigenvalue weighted by molar-refractivity contribution is 5.54. The van der Waals surface area contributed by atoms with Crippen LogP contribution < -0.4 is 10.6 Å². The summed E-state index contributed by atoms with van der Waals surface area (Å²) in [6.07, 6.45) is 2.19. The van der Waals surface area contributed by atoms with E-state index in [2.05, 4.69) is 57.8 Å². The van der Waals surface area contributed by atoms with Gasteiger partial charge in [0.05, 0.1) is 0 Å². The maximum atomic E-state index is 5.84. The van der Waals surface area contributed by atoms with Crippen molar-refractivity contribution in [1.29, 1.82) is 0 Å². The topological polar surface area (TPSA) is 29.3 Å². The summed E-state index contributed by atoms with van der Waals surface area (Å²) < 4.78 is 0. The van der Waals surface area contributed by atoms with Crippen LogP contribution in [-0.4, -0.2) is 19.6 Å². The Morgan fingerprint density at radius 3 is 2.39 bits per heavy atom. The van der Waals surface area contributed by atoms with Crippen molar-refractivity contribution in [3.8, 4) is 0 Å². The fourth-order valence-electron chi connectivity index (χ4n) is 2.22. The SMILES string of the molecule is Cc1cc(CC(C)N)ccc1N(C)CCC(C)C. The molecule has 0 aliphatic rings. The van der Waals surface area contributed by atoms with Gasteiger partial charge in [0, 0.05) is 25.3 Å². The van der Waals surface area contributed by atoms with Crippen molar-refractivity contribution in [2.45, 2.75) is 46.6 Å². The molecule has 0 aromatic heterocycles. The molecule has 1 atom stereocenters. The average Bonchev–Trinajstić information content (AvgIpc) is 2.25. The Bertz CT molecular complexity index is 369. The summed E-state index contributed by atoms with van der Waals surface area (Å²) >= 11 is 0. The van der Waals surface area contributed by atoms with E-state index in [9.17, 15) is 0 Å². The zero-order chi connectivity index (χ0) is 13.7. The van der Waals surface area contributed by atoms with Crippen LogP contribution in [0.4, 0.5) is 5.69 Å². The fraction of sp³-hybridized carbons (Fsp3) is 0.625. The Hall–Kier alpha value is -1.02. The Kier molecular flexibility index (Phi) is 5.67. The van der Waals surface area contributed by atoms with Crippen molar-refractivity contribution in [3.05, 3.63) is 29.3 Å². The van der Waals surface area contributed by atoms with Gasteiger partial charge in [0.2, 0.25) is 0 Å². The molecule has 0 fully saturated rings. The van der Waals surface area contributed by atoms with Gasteiger partial charge in [0.25, 0.3) is 0 Å². The van der Waals surface area contributed by atoms with Gasteiger partial charge in [0.1, 0.15) is 0 Å². The third-order valence-corrected chi connectivity index (χ3v) is 3.27. The molecular weight excluding hydrogens is 220 g/mol. The molecule has 1 aromatic carbocycles. The van der Waals surface area contributed by atoms with Crippen molar-refractivity contribution < 1.29 is 0 Å². The summed E-state index contributed by atoms with van der Waals surface area (Å²) in [7, 11) is 2.18. The molecule has 0 amide bonds. The number of hydrogen-bond acceptors (Lipinski definition) is 2. The maximum absolute atomic E-state index is 5.84. The van der Waals surface area contributed by atoms with Crippen LogP contribution in [-0.2, 0) is 6.42 Å². The number of nitrogens with zero attached hydrogens (tertiary/aromatic N) is 1. The number of rotatable bonds is 6. The molecule has 0 radical (unpaired) electrons. The summed E-state index contributed by atoms with van der Waals surface area (Å²) in [6.45, 7) is 9.90. The second kappa shape index (κ2) is 6.79. The number of hydrogen-bond donors (Lipinski definition) is 1. The minimum atomic E-state index is 0.230. The van der Waals surface area contributed by atoms with Gasteiger partial charge in [-0.05, 0) is 49.8 Å².